The number of hydrogen-bond donors (Lipinski definition) is 0. The molecule has 4 atom stereocenters. The zero-order chi connectivity index (χ0) is 28.8. The molecule has 1 saturated heterocycles. The number of Topliss-reactive ketones (excluding diaryl/α,β-unsaturated/α-hetero) is 1. The molecule has 0 N–H and O–H groups in total. The molecule has 41 heavy (non-hydrogen) atoms. The predicted molar refractivity (Wildman–Crippen MR) is 146 cm³/mol. The van der Waals surface area contributed by atoms with E-state index in [-0.39, 0.29) is 28.7 Å². The Morgan fingerprint density at radius 2 is 1.37 bits per heavy atom. The molecule has 0 spiro atoms. The molecule has 0 aromatic heterocycles. The van der Waals surface area contributed by atoms with E-state index in [2.05, 4.69) is 0 Å². The van der Waals surface area contributed by atoms with E-state index < -0.39 is 46.8 Å². The van der Waals surface area contributed by atoms with Crippen LogP contribution in [-0.4, -0.2) is 45.0 Å². The molecule has 0 radical (unpaired) electrons. The normalized spacial score (nSPS) is 22.1. The molecule has 0 unspecified atom stereocenters. The first-order valence-electron chi connectivity index (χ1n) is 12.9. The summed E-state index contributed by atoms with van der Waals surface area (Å²) in [5, 5.41) is 13.1. The summed E-state index contributed by atoms with van der Waals surface area (Å²) in [7, 11) is 0. The summed E-state index contributed by atoms with van der Waals surface area (Å²) in [4.78, 5) is 64.4. The van der Waals surface area contributed by atoms with Crippen molar-refractivity contribution < 1.29 is 28.8 Å². The zero-order valence-electron chi connectivity index (χ0n) is 21.4. The summed E-state index contributed by atoms with van der Waals surface area (Å²) in [5.41, 5.74) is 0.335. The Morgan fingerprint density at radius 1 is 0.854 bits per heavy atom. The molecule has 1 aliphatic heterocycles. The van der Waals surface area contributed by atoms with Gasteiger partial charge in [0.05, 0.1) is 16.8 Å². The highest BCUT2D eigenvalue weighted by atomic mass is 35.5. The molecular formula is C30H22ClN3O7. The van der Waals surface area contributed by atoms with E-state index in [9.17, 15) is 29.3 Å². The highest BCUT2D eigenvalue weighted by molar-refractivity contribution is 6.30. The number of ketones is 1. The minimum atomic E-state index is -0.671. The van der Waals surface area contributed by atoms with Crippen molar-refractivity contribution >= 4 is 40.8 Å². The monoisotopic (exact) mass is 571 g/mol. The third-order valence-electron chi connectivity index (χ3n) is 7.77. The molecule has 3 amide bonds. The maximum atomic E-state index is 13.6. The Labute approximate surface area is 238 Å². The molecule has 11 heteroatoms. The Bertz CT molecular complexity index is 1570. The van der Waals surface area contributed by atoms with E-state index in [1.165, 1.54) is 60.7 Å². The number of halogens is 1. The van der Waals surface area contributed by atoms with Gasteiger partial charge in [0.25, 0.3) is 23.4 Å². The highest BCUT2D eigenvalue weighted by Gasteiger charge is 2.61. The summed E-state index contributed by atoms with van der Waals surface area (Å²) in [6.07, 6.45) is 4.65. The number of hydrogen-bond acceptors (Lipinski definition) is 7. The molecular weight excluding hydrogens is 550 g/mol. The average molecular weight is 572 g/mol. The van der Waals surface area contributed by atoms with Crippen molar-refractivity contribution in [2.75, 3.05) is 6.54 Å². The van der Waals surface area contributed by atoms with E-state index in [0.717, 1.165) is 16.4 Å². The van der Waals surface area contributed by atoms with Gasteiger partial charge in [0.15, 0.2) is 5.78 Å². The number of imide groups is 1. The first kappa shape index (κ1) is 26.4. The van der Waals surface area contributed by atoms with Crippen molar-refractivity contribution in [2.24, 2.45) is 23.7 Å². The zero-order valence-corrected chi connectivity index (χ0v) is 22.1. The fourth-order valence-electron chi connectivity index (χ4n) is 5.81. The number of nitro groups is 1. The van der Waals surface area contributed by atoms with Gasteiger partial charge in [0, 0.05) is 28.3 Å². The Kier molecular flexibility index (Phi) is 6.63. The van der Waals surface area contributed by atoms with Crippen LogP contribution >= 0.6 is 11.6 Å². The topological polar surface area (TPSA) is 127 Å². The summed E-state index contributed by atoms with van der Waals surface area (Å²) in [6, 6.07) is 17.6. The Hall–Kier alpha value is -4.83. The van der Waals surface area contributed by atoms with Gasteiger partial charge in [-0.3, -0.25) is 29.3 Å². The van der Waals surface area contributed by atoms with Crippen LogP contribution in [0.4, 0.5) is 5.69 Å². The van der Waals surface area contributed by atoms with Gasteiger partial charge in [-0.05, 0) is 78.9 Å². The Balaban J connectivity index is 1.23. The number of ether oxygens (including phenoxy) is 1. The number of allylic oxidation sites excluding steroid dienone is 2. The fourth-order valence-corrected chi connectivity index (χ4v) is 5.93. The van der Waals surface area contributed by atoms with Crippen LogP contribution in [0.2, 0.25) is 5.02 Å². The van der Waals surface area contributed by atoms with Crippen molar-refractivity contribution in [3.8, 4) is 11.5 Å². The Morgan fingerprint density at radius 3 is 1.90 bits per heavy atom. The second-order valence-corrected chi connectivity index (χ2v) is 10.6. The van der Waals surface area contributed by atoms with E-state index >= 15 is 0 Å². The maximum absolute atomic E-state index is 13.6. The van der Waals surface area contributed by atoms with Gasteiger partial charge in [-0.2, -0.15) is 5.01 Å². The van der Waals surface area contributed by atoms with Gasteiger partial charge in [-0.25, -0.2) is 5.01 Å². The minimum Gasteiger partial charge on any atom is -0.457 e. The summed E-state index contributed by atoms with van der Waals surface area (Å²) in [5.74, 6) is -2.55. The SMILES string of the molecule is O=C(CN(C(=O)c1ccc(Cl)cc1)N1C(=O)[C@@H]2[C@@H](C1=O)[C@H]1C=C[C@H]2C1)c1ccc(Oc2ccc([N+](=O)[O-])cc2)cc1. The quantitative estimate of drug-likeness (QED) is 0.121. The molecule has 2 fully saturated rings. The van der Waals surface area contributed by atoms with Gasteiger partial charge in [0.1, 0.15) is 18.0 Å². The fraction of sp³-hybridized carbons (Fsp3) is 0.200. The van der Waals surface area contributed by atoms with E-state index in [0.29, 0.717) is 16.5 Å². The summed E-state index contributed by atoms with van der Waals surface area (Å²) < 4.78 is 5.70. The van der Waals surface area contributed by atoms with Gasteiger partial charge < -0.3 is 4.74 Å². The number of non-ortho nitro benzene ring substituents is 1. The van der Waals surface area contributed by atoms with Gasteiger partial charge in [-0.15, -0.1) is 0 Å². The average Bonchev–Trinajstić information content (AvgIpc) is 3.66. The van der Waals surface area contributed by atoms with Crippen LogP contribution in [0.15, 0.2) is 84.9 Å². The third-order valence-corrected chi connectivity index (χ3v) is 8.02. The molecule has 6 rings (SSSR count). The van der Waals surface area contributed by atoms with E-state index in [4.69, 9.17) is 16.3 Å². The van der Waals surface area contributed by atoms with Crippen LogP contribution in [0.5, 0.6) is 11.5 Å². The molecule has 1 heterocycles. The van der Waals surface area contributed by atoms with Crippen LogP contribution < -0.4 is 4.74 Å². The highest BCUT2D eigenvalue weighted by Crippen LogP contribution is 2.52. The van der Waals surface area contributed by atoms with E-state index in [1.54, 1.807) is 12.1 Å². The molecule has 2 bridgehead atoms. The lowest BCUT2D eigenvalue weighted by molar-refractivity contribution is -0.384. The lowest BCUT2D eigenvalue weighted by Crippen LogP contribution is -2.52. The second kappa shape index (κ2) is 10.3. The second-order valence-electron chi connectivity index (χ2n) is 10.2. The van der Waals surface area contributed by atoms with Crippen LogP contribution in [0.1, 0.15) is 27.1 Å². The number of nitro benzene ring substituents is 1. The summed E-state index contributed by atoms with van der Waals surface area (Å²) >= 11 is 5.98. The van der Waals surface area contributed by atoms with Gasteiger partial charge in [-0.1, -0.05) is 23.8 Å². The predicted octanol–water partition coefficient (Wildman–Crippen LogP) is 5.09. The number of hydrazine groups is 1. The van der Waals surface area contributed by atoms with Crippen LogP contribution in [0.3, 0.4) is 0 Å². The molecule has 2 aliphatic carbocycles. The van der Waals surface area contributed by atoms with Crippen molar-refractivity contribution in [3.63, 3.8) is 0 Å². The third kappa shape index (κ3) is 4.76. The maximum Gasteiger partial charge on any atom is 0.273 e. The molecule has 1 saturated carbocycles. The molecule has 3 aromatic rings. The van der Waals surface area contributed by atoms with Crippen molar-refractivity contribution in [2.45, 2.75) is 6.42 Å². The van der Waals surface area contributed by atoms with E-state index in [1.807, 2.05) is 12.2 Å². The molecule has 206 valence electrons. The number of rotatable bonds is 8. The lowest BCUT2D eigenvalue weighted by atomic mass is 9.85. The van der Waals surface area contributed by atoms with Crippen molar-refractivity contribution in [1.29, 1.82) is 0 Å². The number of benzene rings is 3. The lowest BCUT2D eigenvalue weighted by Gasteiger charge is -2.30. The first-order valence-corrected chi connectivity index (χ1v) is 13.3. The first-order chi connectivity index (χ1) is 19.7. The van der Waals surface area contributed by atoms with Gasteiger partial charge >= 0.3 is 0 Å². The number of carbonyl (C=O) groups is 4. The standard InChI is InChI=1S/C30H22ClN3O7/c31-21-7-3-18(4-8-21)28(36)32(33-29(37)26-19-1-2-20(15-19)27(26)30(33)38)16-25(35)17-5-11-23(12-6-17)41-24-13-9-22(10-14-24)34(39)40/h1-14,19-20,26-27H,15-16H2/t19-,20-,26-,27-/m0/s1. The smallest absolute Gasteiger partial charge is 0.273 e. The van der Waals surface area contributed by atoms with Gasteiger partial charge in [0.2, 0.25) is 0 Å². The van der Waals surface area contributed by atoms with Crippen LogP contribution in [-0.2, 0) is 9.59 Å². The largest absolute Gasteiger partial charge is 0.457 e. The number of carbonyl (C=O) groups excluding carboxylic acids is 4. The van der Waals surface area contributed by atoms with Crippen molar-refractivity contribution in [1.82, 2.24) is 10.0 Å². The van der Waals surface area contributed by atoms with Crippen LogP contribution in [0.25, 0.3) is 0 Å². The minimum absolute atomic E-state index is 0.0575. The summed E-state index contributed by atoms with van der Waals surface area (Å²) in [6.45, 7) is -0.538. The molecule has 3 aliphatic rings. The van der Waals surface area contributed by atoms with Crippen molar-refractivity contribution in [3.05, 3.63) is 111 Å². The number of amides is 3. The number of nitrogens with zero attached hydrogens (tertiary/aromatic N) is 3. The molecule has 3 aromatic carbocycles. The molecule has 10 nitrogen and oxygen atoms in total. The number of fused-ring (bicyclic) bond motifs is 5. The van der Waals surface area contributed by atoms with Crippen LogP contribution in [0, 0.1) is 33.8 Å².